The second-order valence-electron chi connectivity index (χ2n) is 6.72. The van der Waals surface area contributed by atoms with Crippen molar-refractivity contribution in [3.05, 3.63) is 83.9 Å². The summed E-state index contributed by atoms with van der Waals surface area (Å²) in [6.45, 7) is 0.305. The van der Waals surface area contributed by atoms with Crippen LogP contribution < -0.4 is 0 Å². The Hall–Kier alpha value is -2.12. The Morgan fingerprint density at radius 3 is 1.88 bits per heavy atom. The second-order valence-corrected chi connectivity index (χ2v) is 6.72. The molecule has 24 heavy (non-hydrogen) atoms. The van der Waals surface area contributed by atoms with Crippen molar-refractivity contribution in [1.29, 1.82) is 0 Å². The number of hydrogen-bond acceptors (Lipinski definition) is 1. The lowest BCUT2D eigenvalue weighted by Gasteiger charge is -2.08. The summed E-state index contributed by atoms with van der Waals surface area (Å²) in [5.41, 5.74) is 2.69. The van der Waals surface area contributed by atoms with Gasteiger partial charge in [0.1, 0.15) is 0 Å². The second kappa shape index (κ2) is 8.12. The highest BCUT2D eigenvalue weighted by Crippen LogP contribution is 2.58. The summed E-state index contributed by atoms with van der Waals surface area (Å²) in [4.78, 5) is 0. The minimum atomic E-state index is 0.182. The molecule has 124 valence electrons. The summed E-state index contributed by atoms with van der Waals surface area (Å²) in [5.74, 6) is 0.698. The summed E-state index contributed by atoms with van der Waals surface area (Å²) in [6.07, 6.45) is 13.7. The molecule has 1 nitrogen and oxygen atoms in total. The fourth-order valence-corrected chi connectivity index (χ4v) is 3.34. The molecule has 1 heteroatoms. The molecule has 0 unspecified atom stereocenters. The molecular weight excluding hydrogens is 292 g/mol. The van der Waals surface area contributed by atoms with Gasteiger partial charge in [-0.2, -0.15) is 0 Å². The van der Waals surface area contributed by atoms with Gasteiger partial charge in [0.25, 0.3) is 0 Å². The molecule has 0 bridgehead atoms. The van der Waals surface area contributed by atoms with Crippen molar-refractivity contribution in [1.82, 2.24) is 0 Å². The lowest BCUT2D eigenvalue weighted by atomic mass is 9.97. The Morgan fingerprint density at radius 1 is 0.833 bits per heavy atom. The average molecular weight is 318 g/mol. The topological polar surface area (TPSA) is 20.2 Å². The third-order valence-corrected chi connectivity index (χ3v) is 4.93. The standard InChI is InChI=1S/C23H26O/c24-18-8-7-13-22-19-23(22,16-14-20-9-3-1-4-10-20)17-15-21-11-5-2-6-12-21/h1-6,9-12,14-17,22,24H,7-8,13,18-19H2/b16-14+,17-15+/t22-/m1/s1. The molecule has 0 heterocycles. The zero-order valence-corrected chi connectivity index (χ0v) is 14.1. The Kier molecular flexibility index (Phi) is 5.66. The Bertz CT molecular complexity index is 620. The van der Waals surface area contributed by atoms with Crippen LogP contribution >= 0.6 is 0 Å². The highest BCUT2D eigenvalue weighted by atomic mass is 16.2. The van der Waals surface area contributed by atoms with Crippen molar-refractivity contribution >= 4 is 12.2 Å². The van der Waals surface area contributed by atoms with Gasteiger partial charge in [0.15, 0.2) is 0 Å². The predicted octanol–water partition coefficient (Wildman–Crippen LogP) is 5.58. The van der Waals surface area contributed by atoms with E-state index in [-0.39, 0.29) is 5.41 Å². The molecule has 1 aliphatic carbocycles. The molecule has 0 saturated heterocycles. The van der Waals surface area contributed by atoms with E-state index < -0.39 is 0 Å². The van der Waals surface area contributed by atoms with Crippen molar-refractivity contribution in [2.24, 2.45) is 11.3 Å². The third kappa shape index (κ3) is 4.46. The molecule has 0 radical (unpaired) electrons. The molecule has 1 fully saturated rings. The third-order valence-electron chi connectivity index (χ3n) is 4.93. The largest absolute Gasteiger partial charge is 0.396 e. The van der Waals surface area contributed by atoms with Gasteiger partial charge in [-0.3, -0.25) is 0 Å². The van der Waals surface area contributed by atoms with Crippen LogP contribution in [-0.4, -0.2) is 11.7 Å². The maximum absolute atomic E-state index is 9.01. The lowest BCUT2D eigenvalue weighted by molar-refractivity contribution is 0.281. The van der Waals surface area contributed by atoms with Crippen LogP contribution in [0.3, 0.4) is 0 Å². The van der Waals surface area contributed by atoms with E-state index in [0.717, 1.165) is 12.8 Å². The first-order valence-corrected chi connectivity index (χ1v) is 8.92. The smallest absolute Gasteiger partial charge is 0.0431 e. The van der Waals surface area contributed by atoms with E-state index in [1.165, 1.54) is 24.0 Å². The van der Waals surface area contributed by atoms with Crippen molar-refractivity contribution in [3.63, 3.8) is 0 Å². The van der Waals surface area contributed by atoms with Gasteiger partial charge in [0.2, 0.25) is 0 Å². The number of aliphatic hydroxyl groups is 1. The van der Waals surface area contributed by atoms with Gasteiger partial charge >= 0.3 is 0 Å². The normalized spacial score (nSPS) is 19.1. The molecule has 0 aliphatic heterocycles. The van der Waals surface area contributed by atoms with Crippen LogP contribution in [0.25, 0.3) is 12.2 Å². The number of rotatable bonds is 8. The lowest BCUT2D eigenvalue weighted by Crippen LogP contribution is -1.97. The number of hydrogen-bond donors (Lipinski definition) is 1. The van der Waals surface area contributed by atoms with E-state index in [4.69, 9.17) is 5.11 Å². The van der Waals surface area contributed by atoms with Crippen molar-refractivity contribution in [3.8, 4) is 0 Å². The predicted molar refractivity (Wildman–Crippen MR) is 102 cm³/mol. The first-order chi connectivity index (χ1) is 11.8. The first kappa shape index (κ1) is 16.7. The molecule has 0 spiro atoms. The van der Waals surface area contributed by atoms with Crippen LogP contribution in [0.5, 0.6) is 0 Å². The quantitative estimate of drug-likeness (QED) is 0.630. The molecule has 0 aromatic heterocycles. The first-order valence-electron chi connectivity index (χ1n) is 8.92. The molecule has 1 saturated carbocycles. The van der Waals surface area contributed by atoms with Gasteiger partial charge in [-0.15, -0.1) is 0 Å². The zero-order chi connectivity index (χ0) is 16.7. The van der Waals surface area contributed by atoms with E-state index in [2.05, 4.69) is 85.0 Å². The van der Waals surface area contributed by atoms with E-state index in [1.54, 1.807) is 0 Å². The minimum Gasteiger partial charge on any atom is -0.396 e. The van der Waals surface area contributed by atoms with Crippen molar-refractivity contribution in [2.75, 3.05) is 6.61 Å². The molecule has 3 rings (SSSR count). The summed E-state index contributed by atoms with van der Waals surface area (Å²) >= 11 is 0. The van der Waals surface area contributed by atoms with Crippen LogP contribution in [0.1, 0.15) is 36.8 Å². The Morgan fingerprint density at radius 2 is 1.38 bits per heavy atom. The van der Waals surface area contributed by atoms with Crippen LogP contribution in [0.4, 0.5) is 0 Å². The Balaban J connectivity index is 1.73. The van der Waals surface area contributed by atoms with Crippen LogP contribution in [0.15, 0.2) is 72.8 Å². The number of aliphatic hydroxyl groups excluding tert-OH is 1. The van der Waals surface area contributed by atoms with Crippen molar-refractivity contribution in [2.45, 2.75) is 25.7 Å². The Labute approximate surface area is 145 Å². The van der Waals surface area contributed by atoms with Crippen LogP contribution in [-0.2, 0) is 0 Å². The van der Waals surface area contributed by atoms with Gasteiger partial charge in [0, 0.05) is 12.0 Å². The van der Waals surface area contributed by atoms with Crippen LogP contribution in [0, 0.1) is 11.3 Å². The monoisotopic (exact) mass is 318 g/mol. The molecular formula is C23H26O. The summed E-state index contributed by atoms with van der Waals surface area (Å²) in [5, 5.41) is 9.01. The summed E-state index contributed by atoms with van der Waals surface area (Å²) < 4.78 is 0. The molecule has 0 amide bonds. The summed E-state index contributed by atoms with van der Waals surface area (Å²) in [6, 6.07) is 21.0. The molecule has 2 aromatic rings. The van der Waals surface area contributed by atoms with Gasteiger partial charge in [-0.05, 0) is 36.3 Å². The van der Waals surface area contributed by atoms with Gasteiger partial charge in [0.05, 0.1) is 0 Å². The van der Waals surface area contributed by atoms with E-state index in [9.17, 15) is 0 Å². The fourth-order valence-electron chi connectivity index (χ4n) is 3.34. The number of allylic oxidation sites excluding steroid dienone is 2. The van der Waals surface area contributed by atoms with Gasteiger partial charge in [-0.1, -0.05) is 91.4 Å². The SMILES string of the molecule is OCCCC[C@@H]1CC1(/C=C/c1ccccc1)/C=C/c1ccccc1. The maximum atomic E-state index is 9.01. The minimum absolute atomic E-state index is 0.182. The van der Waals surface area contributed by atoms with Gasteiger partial charge in [-0.25, -0.2) is 0 Å². The molecule has 1 atom stereocenters. The molecule has 1 N–H and O–H groups in total. The molecule has 1 aliphatic rings. The summed E-state index contributed by atoms with van der Waals surface area (Å²) in [7, 11) is 0. The number of benzene rings is 2. The van der Waals surface area contributed by atoms with E-state index in [0.29, 0.717) is 12.5 Å². The average Bonchev–Trinajstić information content (AvgIpc) is 3.34. The number of unbranched alkanes of at least 4 members (excludes halogenated alkanes) is 1. The fraction of sp³-hybridized carbons (Fsp3) is 0.304. The zero-order valence-electron chi connectivity index (χ0n) is 14.1. The van der Waals surface area contributed by atoms with E-state index >= 15 is 0 Å². The highest BCUT2D eigenvalue weighted by molar-refractivity contribution is 5.56. The highest BCUT2D eigenvalue weighted by Gasteiger charge is 2.48. The van der Waals surface area contributed by atoms with E-state index in [1.807, 2.05) is 0 Å². The van der Waals surface area contributed by atoms with Crippen molar-refractivity contribution < 1.29 is 5.11 Å². The maximum Gasteiger partial charge on any atom is 0.0431 e. The molecule has 2 aromatic carbocycles. The van der Waals surface area contributed by atoms with Gasteiger partial charge < -0.3 is 5.11 Å². The van der Waals surface area contributed by atoms with Crippen LogP contribution in [0.2, 0.25) is 0 Å².